The summed E-state index contributed by atoms with van der Waals surface area (Å²) in [4.78, 5) is 15.7. The molecule has 12 aromatic rings. The highest BCUT2D eigenvalue weighted by Gasteiger charge is 2.24. The van der Waals surface area contributed by atoms with Gasteiger partial charge in [-0.25, -0.2) is 15.0 Å². The molecule has 0 fully saturated rings. The van der Waals surface area contributed by atoms with Crippen molar-refractivity contribution in [3.05, 3.63) is 242 Å². The predicted molar refractivity (Wildman–Crippen MR) is 286 cm³/mol. The van der Waals surface area contributed by atoms with Gasteiger partial charge in [-0.3, -0.25) is 0 Å². The molecule has 13 rings (SSSR count). The van der Waals surface area contributed by atoms with Crippen molar-refractivity contribution in [1.82, 2.24) is 24.1 Å². The summed E-state index contributed by atoms with van der Waals surface area (Å²) in [7, 11) is 0. The van der Waals surface area contributed by atoms with E-state index in [1.54, 1.807) is 0 Å². The molecule has 1 aliphatic carbocycles. The first-order valence-corrected chi connectivity index (χ1v) is 23.7. The SMILES string of the molecule is CC1C=Cc2c(c3ccccc3n2-c2ccc(-c3nc(-c4ccccc4)nc(-c4ccc(-c5cc(-c6ccccc6)ccc5-n5c6ccccc6c6ccccc65)cc4)n3)cc2-c2ccccc2)C1. The average Bonchev–Trinajstić information content (AvgIpc) is 3.93. The molecule has 0 saturated heterocycles. The molecular weight excluding hydrogens is 839 g/mol. The van der Waals surface area contributed by atoms with Gasteiger partial charge < -0.3 is 9.13 Å². The molecule has 5 nitrogen and oxygen atoms in total. The first-order chi connectivity index (χ1) is 34.1. The number of nitrogens with zero attached hydrogens (tertiary/aromatic N) is 5. The number of hydrogen-bond acceptors (Lipinski definition) is 3. The van der Waals surface area contributed by atoms with E-state index in [1.807, 2.05) is 18.2 Å². The summed E-state index contributed by atoms with van der Waals surface area (Å²) in [5, 5.41) is 3.77. The van der Waals surface area contributed by atoms with Gasteiger partial charge in [0.05, 0.1) is 27.9 Å². The maximum Gasteiger partial charge on any atom is 0.164 e. The summed E-state index contributed by atoms with van der Waals surface area (Å²) >= 11 is 0. The third-order valence-electron chi connectivity index (χ3n) is 13.8. The second kappa shape index (κ2) is 16.7. The van der Waals surface area contributed by atoms with Gasteiger partial charge in [-0.05, 0) is 94.8 Å². The van der Waals surface area contributed by atoms with Gasteiger partial charge in [0, 0.05) is 49.7 Å². The van der Waals surface area contributed by atoms with Crippen molar-refractivity contribution >= 4 is 38.8 Å². The molecule has 3 aromatic heterocycles. The molecule has 1 atom stereocenters. The Morgan fingerprint density at radius 1 is 0.362 bits per heavy atom. The predicted octanol–water partition coefficient (Wildman–Crippen LogP) is 16.1. The third-order valence-corrected chi connectivity index (χ3v) is 13.8. The Balaban J connectivity index is 0.962. The van der Waals surface area contributed by atoms with Crippen LogP contribution in [0, 0.1) is 5.92 Å². The monoisotopic (exact) mass is 883 g/mol. The van der Waals surface area contributed by atoms with E-state index in [0.29, 0.717) is 23.4 Å². The van der Waals surface area contributed by atoms with Crippen LogP contribution in [0.5, 0.6) is 0 Å². The van der Waals surface area contributed by atoms with E-state index < -0.39 is 0 Å². The van der Waals surface area contributed by atoms with Crippen molar-refractivity contribution in [2.45, 2.75) is 13.3 Å². The van der Waals surface area contributed by atoms with Gasteiger partial charge in [0.2, 0.25) is 0 Å². The third kappa shape index (κ3) is 7.06. The molecule has 5 heteroatoms. The van der Waals surface area contributed by atoms with Crippen LogP contribution in [-0.2, 0) is 6.42 Å². The molecule has 0 saturated carbocycles. The summed E-state index contributed by atoms with van der Waals surface area (Å²) in [5.74, 6) is 2.33. The minimum atomic E-state index is 0.482. The smallest absolute Gasteiger partial charge is 0.164 e. The molecule has 0 N–H and O–H groups in total. The molecule has 0 aliphatic heterocycles. The lowest BCUT2D eigenvalue weighted by Crippen LogP contribution is -2.06. The Hall–Kier alpha value is -8.93. The van der Waals surface area contributed by atoms with Gasteiger partial charge in [0.25, 0.3) is 0 Å². The van der Waals surface area contributed by atoms with Crippen LogP contribution in [0.1, 0.15) is 18.2 Å². The number of hydrogen-bond donors (Lipinski definition) is 0. The van der Waals surface area contributed by atoms with Gasteiger partial charge in [0.1, 0.15) is 0 Å². The van der Waals surface area contributed by atoms with Crippen LogP contribution in [0.4, 0.5) is 0 Å². The largest absolute Gasteiger partial charge is 0.309 e. The number of rotatable bonds is 8. The standard InChI is InChI=1S/C64H45N5/c1-42-29-36-61-55(39-42)52-25-13-16-28-58(52)69(61)60-38-35-49(41-54(60)44-19-7-3-8-20-44)64-66-62(46-21-9-4-10-22-46)65-63(67-64)47-32-30-45(31-33-47)53-40-48(43-17-5-2-6-18-43)34-37-59(53)68-56-26-14-11-23-50(56)51-24-12-15-27-57(51)68/h2-38,40-42H,39H2,1H3. The Morgan fingerprint density at radius 3 is 1.38 bits per heavy atom. The van der Waals surface area contributed by atoms with Gasteiger partial charge in [-0.15, -0.1) is 0 Å². The second-order valence-corrected chi connectivity index (χ2v) is 18.1. The molecular formula is C64H45N5. The molecule has 0 amide bonds. The first kappa shape index (κ1) is 40.4. The van der Waals surface area contributed by atoms with Crippen molar-refractivity contribution in [3.63, 3.8) is 0 Å². The molecule has 0 radical (unpaired) electrons. The summed E-state index contributed by atoms with van der Waals surface area (Å²) in [6.07, 6.45) is 5.66. The lowest BCUT2D eigenvalue weighted by molar-refractivity contribution is 0.718. The zero-order valence-corrected chi connectivity index (χ0v) is 38.0. The van der Waals surface area contributed by atoms with E-state index in [-0.39, 0.29) is 0 Å². The number of allylic oxidation sites excluding steroid dienone is 1. The molecule has 69 heavy (non-hydrogen) atoms. The van der Waals surface area contributed by atoms with Gasteiger partial charge >= 0.3 is 0 Å². The van der Waals surface area contributed by atoms with Crippen LogP contribution in [0.2, 0.25) is 0 Å². The van der Waals surface area contributed by atoms with E-state index >= 15 is 0 Å². The Bertz CT molecular complexity index is 3870. The summed E-state index contributed by atoms with van der Waals surface area (Å²) in [6, 6.07) is 80.0. The summed E-state index contributed by atoms with van der Waals surface area (Å²) < 4.78 is 4.85. The maximum atomic E-state index is 5.29. The van der Waals surface area contributed by atoms with Crippen LogP contribution in [0.15, 0.2) is 231 Å². The Morgan fingerprint density at radius 2 is 0.768 bits per heavy atom. The van der Waals surface area contributed by atoms with Gasteiger partial charge in [0.15, 0.2) is 17.5 Å². The highest BCUT2D eigenvalue weighted by Crippen LogP contribution is 2.42. The van der Waals surface area contributed by atoms with Crippen molar-refractivity contribution in [2.75, 3.05) is 0 Å². The fourth-order valence-electron chi connectivity index (χ4n) is 10.4. The second-order valence-electron chi connectivity index (χ2n) is 18.1. The fourth-order valence-corrected chi connectivity index (χ4v) is 10.4. The molecule has 326 valence electrons. The molecule has 1 aliphatic rings. The highest BCUT2D eigenvalue weighted by molar-refractivity contribution is 6.10. The Labute approximate surface area is 401 Å². The fraction of sp³-hybridized carbons (Fsp3) is 0.0469. The zero-order chi connectivity index (χ0) is 45.8. The lowest BCUT2D eigenvalue weighted by Gasteiger charge is -2.19. The van der Waals surface area contributed by atoms with Crippen LogP contribution in [0.25, 0.3) is 118 Å². The average molecular weight is 884 g/mol. The molecule has 9 aromatic carbocycles. The first-order valence-electron chi connectivity index (χ1n) is 23.7. The maximum absolute atomic E-state index is 5.29. The van der Waals surface area contributed by atoms with E-state index in [4.69, 9.17) is 15.0 Å². The molecule has 3 heterocycles. The minimum Gasteiger partial charge on any atom is -0.309 e. The van der Waals surface area contributed by atoms with E-state index in [9.17, 15) is 0 Å². The van der Waals surface area contributed by atoms with E-state index in [0.717, 1.165) is 62.3 Å². The van der Waals surface area contributed by atoms with Crippen LogP contribution >= 0.6 is 0 Å². The van der Waals surface area contributed by atoms with Crippen molar-refractivity contribution in [1.29, 1.82) is 0 Å². The number of para-hydroxylation sites is 3. The van der Waals surface area contributed by atoms with Crippen molar-refractivity contribution in [3.8, 4) is 78.9 Å². The van der Waals surface area contributed by atoms with E-state index in [1.165, 1.54) is 49.5 Å². The van der Waals surface area contributed by atoms with Gasteiger partial charge in [-0.2, -0.15) is 0 Å². The summed E-state index contributed by atoms with van der Waals surface area (Å²) in [5.41, 5.74) is 18.0. The van der Waals surface area contributed by atoms with Crippen molar-refractivity contribution < 1.29 is 0 Å². The molecule has 1 unspecified atom stereocenters. The number of aromatic nitrogens is 5. The minimum absolute atomic E-state index is 0.482. The van der Waals surface area contributed by atoms with Gasteiger partial charge in [-0.1, -0.05) is 189 Å². The van der Waals surface area contributed by atoms with E-state index in [2.05, 4.69) is 234 Å². The highest BCUT2D eigenvalue weighted by atomic mass is 15.0. The van der Waals surface area contributed by atoms with Crippen molar-refractivity contribution in [2.24, 2.45) is 5.92 Å². The molecule has 0 spiro atoms. The van der Waals surface area contributed by atoms with Crippen LogP contribution in [-0.4, -0.2) is 24.1 Å². The zero-order valence-electron chi connectivity index (χ0n) is 38.0. The summed E-state index contributed by atoms with van der Waals surface area (Å²) in [6.45, 7) is 2.30. The Kier molecular flexibility index (Phi) is 9.79. The van der Waals surface area contributed by atoms with Crippen LogP contribution < -0.4 is 0 Å². The lowest BCUT2D eigenvalue weighted by atomic mass is 9.93. The normalized spacial score (nSPS) is 13.3. The topological polar surface area (TPSA) is 48.5 Å². The molecule has 0 bridgehead atoms. The quantitative estimate of drug-likeness (QED) is 0.153. The van der Waals surface area contributed by atoms with Crippen LogP contribution in [0.3, 0.4) is 0 Å². The number of benzene rings is 9. The number of fused-ring (bicyclic) bond motifs is 6.